The van der Waals surface area contributed by atoms with Crippen molar-refractivity contribution >= 4 is 17.9 Å². The van der Waals surface area contributed by atoms with Gasteiger partial charge in [-0.1, -0.05) is 276 Å². The van der Waals surface area contributed by atoms with E-state index >= 15 is 0 Å². The van der Waals surface area contributed by atoms with Crippen LogP contribution in [0.3, 0.4) is 0 Å². The summed E-state index contributed by atoms with van der Waals surface area (Å²) in [6, 6.07) is 0. The van der Waals surface area contributed by atoms with Crippen molar-refractivity contribution in [3.63, 3.8) is 0 Å². The van der Waals surface area contributed by atoms with Crippen LogP contribution in [0.4, 0.5) is 0 Å². The zero-order valence-electron chi connectivity index (χ0n) is 46.6. The molecule has 69 heavy (non-hydrogen) atoms. The topological polar surface area (TPSA) is 78.9 Å². The molecule has 0 aliphatic heterocycles. The summed E-state index contributed by atoms with van der Waals surface area (Å²) in [5, 5.41) is 0. The maximum absolute atomic E-state index is 12.9. The van der Waals surface area contributed by atoms with Crippen LogP contribution in [0.25, 0.3) is 0 Å². The third-order valence-electron chi connectivity index (χ3n) is 13.9. The number of carbonyl (C=O) groups is 3. The summed E-state index contributed by atoms with van der Waals surface area (Å²) in [6.07, 6.45) is 68.8. The summed E-state index contributed by atoms with van der Waals surface area (Å²) in [6.45, 7) is 6.69. The maximum Gasteiger partial charge on any atom is 0.306 e. The van der Waals surface area contributed by atoms with Crippen molar-refractivity contribution in [3.05, 3.63) is 24.3 Å². The number of hydrogen-bond acceptors (Lipinski definition) is 6. The molecule has 0 saturated carbocycles. The van der Waals surface area contributed by atoms with Gasteiger partial charge in [-0.25, -0.2) is 0 Å². The standard InChI is InChI=1S/C63H118O6/c1-4-7-10-13-16-19-22-25-28-30-31-33-35-38-41-44-47-50-53-56-62(65)68-59-60(58-67-61(64)55-52-49-46-43-40-37-34-27-24-21-18-15-12-9-6-3)69-63(66)57-54-51-48-45-42-39-36-32-29-26-23-20-17-14-11-8-5-2/h25-26,28-29,60H,4-24,27,30-59H2,1-3H3/b28-25-,29-26-. The number of allylic oxidation sites excluding steroid dienone is 4. The monoisotopic (exact) mass is 971 g/mol. The first-order valence-corrected chi connectivity index (χ1v) is 30.8. The predicted molar refractivity (Wildman–Crippen MR) is 298 cm³/mol. The fraction of sp³-hybridized carbons (Fsp3) is 0.889. The molecule has 0 rings (SSSR count). The highest BCUT2D eigenvalue weighted by Gasteiger charge is 2.19. The smallest absolute Gasteiger partial charge is 0.306 e. The van der Waals surface area contributed by atoms with Gasteiger partial charge in [0.1, 0.15) is 13.2 Å². The largest absolute Gasteiger partial charge is 0.462 e. The first-order valence-electron chi connectivity index (χ1n) is 30.8. The fourth-order valence-corrected chi connectivity index (χ4v) is 9.26. The van der Waals surface area contributed by atoms with E-state index in [9.17, 15) is 14.4 Å². The Bertz CT molecular complexity index is 1110. The highest BCUT2D eigenvalue weighted by Crippen LogP contribution is 2.17. The minimum Gasteiger partial charge on any atom is -0.462 e. The van der Waals surface area contributed by atoms with Crippen molar-refractivity contribution in [2.24, 2.45) is 0 Å². The van der Waals surface area contributed by atoms with Crippen LogP contribution in [0.1, 0.15) is 342 Å². The van der Waals surface area contributed by atoms with Gasteiger partial charge in [0.25, 0.3) is 0 Å². The first kappa shape index (κ1) is 66.9. The van der Waals surface area contributed by atoms with Gasteiger partial charge in [0.05, 0.1) is 0 Å². The van der Waals surface area contributed by atoms with E-state index in [0.717, 1.165) is 57.8 Å². The number of carbonyl (C=O) groups excluding carboxylic acids is 3. The molecule has 0 aromatic heterocycles. The van der Waals surface area contributed by atoms with Crippen molar-refractivity contribution < 1.29 is 28.6 Å². The number of ether oxygens (including phenoxy) is 3. The van der Waals surface area contributed by atoms with Gasteiger partial charge in [-0.2, -0.15) is 0 Å². The van der Waals surface area contributed by atoms with E-state index in [4.69, 9.17) is 14.2 Å². The van der Waals surface area contributed by atoms with Crippen LogP contribution in [-0.2, 0) is 28.6 Å². The number of esters is 3. The van der Waals surface area contributed by atoms with Gasteiger partial charge in [-0.05, 0) is 70.6 Å². The minimum atomic E-state index is -0.771. The van der Waals surface area contributed by atoms with Gasteiger partial charge in [0, 0.05) is 19.3 Å². The lowest BCUT2D eigenvalue weighted by atomic mass is 10.0. The Balaban J connectivity index is 4.32. The van der Waals surface area contributed by atoms with Crippen LogP contribution >= 0.6 is 0 Å². The van der Waals surface area contributed by atoms with Crippen LogP contribution in [0, 0.1) is 0 Å². The number of hydrogen-bond donors (Lipinski definition) is 0. The molecule has 6 heteroatoms. The van der Waals surface area contributed by atoms with Crippen LogP contribution in [-0.4, -0.2) is 37.2 Å². The second kappa shape index (κ2) is 58.5. The van der Waals surface area contributed by atoms with Crippen molar-refractivity contribution in [2.75, 3.05) is 13.2 Å². The Labute approximate surface area is 430 Å². The third kappa shape index (κ3) is 56.7. The molecular weight excluding hydrogens is 853 g/mol. The Kier molecular flexibility index (Phi) is 56.7. The van der Waals surface area contributed by atoms with E-state index in [0.29, 0.717) is 19.3 Å². The first-order chi connectivity index (χ1) is 34.0. The van der Waals surface area contributed by atoms with Gasteiger partial charge in [-0.15, -0.1) is 0 Å². The van der Waals surface area contributed by atoms with Crippen LogP contribution < -0.4 is 0 Å². The zero-order chi connectivity index (χ0) is 50.0. The molecule has 0 N–H and O–H groups in total. The molecule has 1 atom stereocenters. The Morgan fingerprint density at radius 3 is 0.725 bits per heavy atom. The Morgan fingerprint density at radius 1 is 0.275 bits per heavy atom. The molecule has 0 spiro atoms. The number of unbranched alkanes of at least 4 members (excludes halogenated alkanes) is 42. The van der Waals surface area contributed by atoms with Gasteiger partial charge in [0.2, 0.25) is 0 Å². The summed E-state index contributed by atoms with van der Waals surface area (Å²) in [5.74, 6) is -0.851. The fourth-order valence-electron chi connectivity index (χ4n) is 9.26. The average molecular weight is 972 g/mol. The van der Waals surface area contributed by atoms with Gasteiger partial charge >= 0.3 is 17.9 Å². The summed E-state index contributed by atoms with van der Waals surface area (Å²) in [5.41, 5.74) is 0. The molecule has 0 bridgehead atoms. The number of rotatable bonds is 57. The van der Waals surface area contributed by atoms with E-state index < -0.39 is 6.10 Å². The van der Waals surface area contributed by atoms with Gasteiger partial charge < -0.3 is 14.2 Å². The van der Waals surface area contributed by atoms with E-state index in [1.807, 2.05) is 0 Å². The maximum atomic E-state index is 12.9. The van der Waals surface area contributed by atoms with Gasteiger partial charge in [0.15, 0.2) is 6.10 Å². The molecule has 0 heterocycles. The highest BCUT2D eigenvalue weighted by molar-refractivity contribution is 5.71. The zero-order valence-corrected chi connectivity index (χ0v) is 46.6. The van der Waals surface area contributed by atoms with Gasteiger partial charge in [-0.3, -0.25) is 14.4 Å². The normalized spacial score (nSPS) is 12.1. The quantitative estimate of drug-likeness (QED) is 0.0261. The Morgan fingerprint density at radius 2 is 0.478 bits per heavy atom. The SMILES string of the molecule is CCCCCCCC/C=C\CCCCCCCCCCCC(=O)OCC(COC(=O)CCCCCCCCCCCCCCCCC)OC(=O)CCCCCCCCC/C=C\CCCCCCCC. The molecular formula is C63H118O6. The second-order valence-corrected chi connectivity index (χ2v) is 21.0. The van der Waals surface area contributed by atoms with E-state index in [1.54, 1.807) is 0 Å². The van der Waals surface area contributed by atoms with Crippen molar-refractivity contribution in [1.29, 1.82) is 0 Å². The molecule has 0 aromatic carbocycles. The predicted octanol–water partition coefficient (Wildman–Crippen LogP) is 20.7. The lowest BCUT2D eigenvalue weighted by molar-refractivity contribution is -0.167. The Hall–Kier alpha value is -2.11. The van der Waals surface area contributed by atoms with Crippen molar-refractivity contribution in [2.45, 2.75) is 348 Å². The van der Waals surface area contributed by atoms with Crippen molar-refractivity contribution in [1.82, 2.24) is 0 Å². The average Bonchev–Trinajstić information content (AvgIpc) is 3.35. The summed E-state index contributed by atoms with van der Waals surface area (Å²) in [4.78, 5) is 38.2. The highest BCUT2D eigenvalue weighted by atomic mass is 16.6. The van der Waals surface area contributed by atoms with Crippen LogP contribution in [0.2, 0.25) is 0 Å². The molecule has 1 unspecified atom stereocenters. The minimum absolute atomic E-state index is 0.0687. The molecule has 0 radical (unpaired) electrons. The molecule has 0 aliphatic rings. The van der Waals surface area contributed by atoms with Crippen LogP contribution in [0.5, 0.6) is 0 Å². The molecule has 0 fully saturated rings. The molecule has 0 saturated heterocycles. The molecule has 6 nitrogen and oxygen atoms in total. The summed E-state index contributed by atoms with van der Waals surface area (Å²) < 4.78 is 16.9. The van der Waals surface area contributed by atoms with Crippen molar-refractivity contribution in [3.8, 4) is 0 Å². The van der Waals surface area contributed by atoms with E-state index in [2.05, 4.69) is 45.1 Å². The molecule has 0 amide bonds. The summed E-state index contributed by atoms with van der Waals surface area (Å²) >= 11 is 0. The lowest BCUT2D eigenvalue weighted by Crippen LogP contribution is -2.30. The molecule has 406 valence electrons. The third-order valence-corrected chi connectivity index (χ3v) is 13.9. The molecule has 0 aliphatic carbocycles. The van der Waals surface area contributed by atoms with E-state index in [1.165, 1.54) is 244 Å². The summed E-state index contributed by atoms with van der Waals surface area (Å²) in [7, 11) is 0. The second-order valence-electron chi connectivity index (χ2n) is 21.0. The lowest BCUT2D eigenvalue weighted by Gasteiger charge is -2.18. The van der Waals surface area contributed by atoms with E-state index in [-0.39, 0.29) is 31.1 Å². The molecule has 0 aromatic rings. The van der Waals surface area contributed by atoms with Crippen LogP contribution in [0.15, 0.2) is 24.3 Å².